The fourth-order valence-electron chi connectivity index (χ4n) is 5.70. The number of nitrogens with zero attached hydrogens (tertiary/aromatic N) is 1. The second kappa shape index (κ2) is 15.4. The maximum Gasteiger partial charge on any atom is 0.309 e. The first-order valence-corrected chi connectivity index (χ1v) is 14.6. The van der Waals surface area contributed by atoms with Gasteiger partial charge in [0.2, 0.25) is 11.8 Å². The number of likely N-dealkylation sites (tertiary alicyclic amines) is 1. The van der Waals surface area contributed by atoms with Crippen molar-refractivity contribution in [2.75, 3.05) is 19.8 Å². The van der Waals surface area contributed by atoms with E-state index in [9.17, 15) is 19.5 Å². The maximum atomic E-state index is 13.6. The van der Waals surface area contributed by atoms with Crippen LogP contribution in [0.5, 0.6) is 0 Å². The summed E-state index contributed by atoms with van der Waals surface area (Å²) in [5, 5.41) is 12.8. The highest BCUT2D eigenvalue weighted by molar-refractivity contribution is 5.86. The number of cyclic esters (lactones) is 1. The molecule has 1 saturated heterocycles. The number of hydrogen-bond acceptors (Lipinski definition) is 5. The van der Waals surface area contributed by atoms with Crippen LogP contribution >= 0.6 is 0 Å². The van der Waals surface area contributed by atoms with Crippen molar-refractivity contribution < 1.29 is 24.2 Å². The van der Waals surface area contributed by atoms with E-state index in [1.165, 1.54) is 0 Å². The average Bonchev–Trinajstić information content (AvgIpc) is 3.46. The van der Waals surface area contributed by atoms with Crippen molar-refractivity contribution in [1.29, 1.82) is 0 Å². The second-order valence-electron chi connectivity index (χ2n) is 11.0. The molecule has 2 aromatic rings. The topological polar surface area (TPSA) is 95.9 Å². The van der Waals surface area contributed by atoms with Crippen molar-refractivity contribution in [1.82, 2.24) is 10.2 Å². The summed E-state index contributed by atoms with van der Waals surface area (Å²) < 4.78 is 5.86. The molecule has 214 valence electrons. The molecule has 4 rings (SSSR count). The molecule has 0 radical (unpaired) electrons. The van der Waals surface area contributed by atoms with Crippen LogP contribution in [0, 0.1) is 11.8 Å². The molecule has 4 atom stereocenters. The molecular weight excluding hydrogens is 504 g/mol. The number of ether oxygens (including phenoxy) is 1. The number of nitrogens with one attached hydrogen (secondary N) is 1. The lowest BCUT2D eigenvalue weighted by Gasteiger charge is -2.27. The van der Waals surface area contributed by atoms with E-state index in [2.05, 4.69) is 11.4 Å². The summed E-state index contributed by atoms with van der Waals surface area (Å²) in [4.78, 5) is 41.7. The molecular formula is C33H42N2O5. The lowest BCUT2D eigenvalue weighted by Crippen LogP contribution is -2.45. The zero-order chi connectivity index (χ0) is 28.2. The molecule has 1 fully saturated rings. The Morgan fingerprint density at radius 3 is 2.30 bits per heavy atom. The van der Waals surface area contributed by atoms with Gasteiger partial charge in [-0.15, -0.1) is 0 Å². The van der Waals surface area contributed by atoms with E-state index >= 15 is 0 Å². The van der Waals surface area contributed by atoms with Gasteiger partial charge in [-0.25, -0.2) is 0 Å². The third kappa shape index (κ3) is 8.78. The van der Waals surface area contributed by atoms with Crippen molar-refractivity contribution in [3.8, 4) is 0 Å². The Labute approximate surface area is 237 Å². The Balaban J connectivity index is 1.50. The minimum atomic E-state index is -0.536. The third-order valence-corrected chi connectivity index (χ3v) is 7.97. The maximum absolute atomic E-state index is 13.6. The first-order chi connectivity index (χ1) is 19.5. The number of allylic oxidation sites excluding steroid dienone is 2. The van der Waals surface area contributed by atoms with Crippen LogP contribution in [0.3, 0.4) is 0 Å². The zero-order valence-electron chi connectivity index (χ0n) is 23.3. The number of aliphatic hydroxyl groups excluding tert-OH is 1. The van der Waals surface area contributed by atoms with E-state index in [1.54, 1.807) is 4.90 Å². The van der Waals surface area contributed by atoms with Crippen molar-refractivity contribution in [2.45, 2.75) is 69.9 Å². The van der Waals surface area contributed by atoms with Crippen LogP contribution < -0.4 is 5.32 Å². The van der Waals surface area contributed by atoms with Crippen LogP contribution in [0.1, 0.15) is 56.1 Å². The number of benzene rings is 2. The van der Waals surface area contributed by atoms with E-state index < -0.39 is 12.0 Å². The molecule has 2 aliphatic heterocycles. The van der Waals surface area contributed by atoms with Crippen molar-refractivity contribution in [2.24, 2.45) is 11.8 Å². The Morgan fingerprint density at radius 2 is 1.60 bits per heavy atom. The molecule has 0 spiro atoms. The Morgan fingerprint density at radius 1 is 0.900 bits per heavy atom. The molecule has 40 heavy (non-hydrogen) atoms. The molecule has 0 unspecified atom stereocenters. The van der Waals surface area contributed by atoms with Gasteiger partial charge < -0.3 is 20.1 Å². The largest absolute Gasteiger partial charge is 0.463 e. The molecule has 0 aromatic heterocycles. The lowest BCUT2D eigenvalue weighted by molar-refractivity contribution is -0.150. The molecule has 7 heteroatoms. The Kier molecular flexibility index (Phi) is 11.3. The van der Waals surface area contributed by atoms with Crippen LogP contribution in [-0.2, 0) is 32.0 Å². The lowest BCUT2D eigenvalue weighted by atomic mass is 9.93. The number of carbonyl (C=O) groups is 3. The highest BCUT2D eigenvalue weighted by Gasteiger charge is 2.32. The van der Waals surface area contributed by atoms with E-state index in [4.69, 9.17) is 4.74 Å². The van der Waals surface area contributed by atoms with Gasteiger partial charge >= 0.3 is 5.97 Å². The van der Waals surface area contributed by atoms with Gasteiger partial charge in [0.1, 0.15) is 6.61 Å². The van der Waals surface area contributed by atoms with E-state index in [1.807, 2.05) is 66.7 Å². The van der Waals surface area contributed by atoms with Crippen LogP contribution in [0.25, 0.3) is 0 Å². The van der Waals surface area contributed by atoms with Gasteiger partial charge in [-0.05, 0) is 62.5 Å². The minimum Gasteiger partial charge on any atom is -0.463 e. The van der Waals surface area contributed by atoms with Gasteiger partial charge in [0.25, 0.3) is 0 Å². The number of rotatable bonds is 7. The van der Waals surface area contributed by atoms with E-state index in [-0.39, 0.29) is 49.4 Å². The average molecular weight is 547 g/mol. The number of hydrogen-bond donors (Lipinski definition) is 2. The highest BCUT2D eigenvalue weighted by atomic mass is 16.5. The summed E-state index contributed by atoms with van der Waals surface area (Å²) in [6.45, 7) is 0.628. The zero-order valence-corrected chi connectivity index (χ0v) is 23.3. The summed E-state index contributed by atoms with van der Waals surface area (Å²) in [7, 11) is 0. The molecule has 0 bridgehead atoms. The first-order valence-electron chi connectivity index (χ1n) is 14.6. The molecule has 0 aliphatic carbocycles. The van der Waals surface area contributed by atoms with Gasteiger partial charge in [0, 0.05) is 13.0 Å². The highest BCUT2D eigenvalue weighted by Crippen LogP contribution is 2.23. The number of esters is 1. The smallest absolute Gasteiger partial charge is 0.309 e. The predicted molar refractivity (Wildman–Crippen MR) is 154 cm³/mol. The second-order valence-corrected chi connectivity index (χ2v) is 11.0. The Hall–Kier alpha value is -3.45. The van der Waals surface area contributed by atoms with Gasteiger partial charge in [-0.3, -0.25) is 14.4 Å². The fraction of sp³-hybridized carbons (Fsp3) is 0.485. The van der Waals surface area contributed by atoms with Gasteiger partial charge in [0.05, 0.1) is 30.5 Å². The molecule has 2 amide bonds. The normalized spacial score (nSPS) is 24.7. The Bertz CT molecular complexity index is 1120. The number of carbonyl (C=O) groups excluding carboxylic acids is 3. The fourth-order valence-corrected chi connectivity index (χ4v) is 5.70. The van der Waals surface area contributed by atoms with Crippen LogP contribution in [0.15, 0.2) is 72.8 Å². The molecule has 7 nitrogen and oxygen atoms in total. The summed E-state index contributed by atoms with van der Waals surface area (Å²) >= 11 is 0. The van der Waals surface area contributed by atoms with Crippen LogP contribution in [0.4, 0.5) is 0 Å². The number of aliphatic hydroxyl groups is 1. The quantitative estimate of drug-likeness (QED) is 0.400. The molecule has 2 aromatic carbocycles. The van der Waals surface area contributed by atoms with Crippen molar-refractivity contribution in [3.05, 3.63) is 83.9 Å². The summed E-state index contributed by atoms with van der Waals surface area (Å²) in [6, 6.07) is 19.2. The first kappa shape index (κ1) is 29.5. The SMILES string of the molecule is O=C1N[C@@H](Cc2ccccc2)COC(=O)[C@@H](Cc2ccccc2)CCCC=CC[C@@H]1CC(=O)N1CCC[C@H]1CO. The molecule has 0 saturated carbocycles. The molecule has 2 aliphatic rings. The van der Waals surface area contributed by atoms with Gasteiger partial charge in [-0.1, -0.05) is 72.8 Å². The minimum absolute atomic E-state index is 0.0573. The van der Waals surface area contributed by atoms with Gasteiger partial charge in [0.15, 0.2) is 0 Å². The van der Waals surface area contributed by atoms with Crippen molar-refractivity contribution >= 4 is 17.8 Å². The standard InChI is InChI=1S/C33H42N2O5/c36-23-30-18-11-19-35(30)31(37)22-27-16-9-1-2-10-17-28(20-25-12-5-3-6-13-25)33(39)40-24-29(34-32(27)38)21-26-14-7-4-8-15-26/h1,3-9,12-15,27-30,36H,2,10-11,16-24H2,(H,34,38)/t27-,28-,29+,30+/m1/s1. The predicted octanol–water partition coefficient (Wildman–Crippen LogP) is 4.24. The van der Waals surface area contributed by atoms with Crippen LogP contribution in [-0.4, -0.2) is 59.6 Å². The number of amides is 2. The summed E-state index contributed by atoms with van der Waals surface area (Å²) in [5.41, 5.74) is 2.13. The van der Waals surface area contributed by atoms with E-state index in [0.717, 1.165) is 36.8 Å². The molecule has 2 N–H and O–H groups in total. The van der Waals surface area contributed by atoms with Gasteiger partial charge in [-0.2, -0.15) is 0 Å². The summed E-state index contributed by atoms with van der Waals surface area (Å²) in [5.74, 6) is -1.34. The third-order valence-electron chi connectivity index (χ3n) is 7.97. The molecule has 2 heterocycles. The monoisotopic (exact) mass is 546 g/mol. The van der Waals surface area contributed by atoms with Crippen molar-refractivity contribution in [3.63, 3.8) is 0 Å². The van der Waals surface area contributed by atoms with E-state index in [0.29, 0.717) is 32.2 Å². The van der Waals surface area contributed by atoms with Crippen LogP contribution in [0.2, 0.25) is 0 Å². The summed E-state index contributed by atoms with van der Waals surface area (Å²) in [6.07, 6.45) is 9.71.